The zero-order valence-electron chi connectivity index (χ0n) is 15.7. The van der Waals surface area contributed by atoms with E-state index in [1.54, 1.807) is 7.05 Å². The number of ether oxygens (including phenoxy) is 1. The summed E-state index contributed by atoms with van der Waals surface area (Å²) >= 11 is 0. The van der Waals surface area contributed by atoms with Crippen molar-refractivity contribution in [2.45, 2.75) is 6.18 Å². The van der Waals surface area contributed by atoms with E-state index < -0.39 is 23.7 Å². The molecule has 3 heterocycles. The molecule has 0 fully saturated rings. The van der Waals surface area contributed by atoms with Crippen LogP contribution in [0.25, 0.3) is 22.3 Å². The molecule has 3 aromatic heterocycles. The highest BCUT2D eigenvalue weighted by atomic mass is 19.4. The van der Waals surface area contributed by atoms with Gasteiger partial charge in [0.2, 0.25) is 5.88 Å². The number of aryl methyl sites for hydroxylation is 1. The van der Waals surface area contributed by atoms with Gasteiger partial charge in [0, 0.05) is 25.9 Å². The molecule has 0 aliphatic rings. The maximum Gasteiger partial charge on any atom is 0.421 e. The first kappa shape index (κ1) is 20.8. The summed E-state index contributed by atoms with van der Waals surface area (Å²) in [5, 5.41) is 25.7. The first-order valence-corrected chi connectivity index (χ1v) is 8.36. The summed E-state index contributed by atoms with van der Waals surface area (Å²) in [5.41, 5.74) is -0.489. The fourth-order valence-electron chi connectivity index (χ4n) is 2.54. The number of rotatable bonds is 5. The molecule has 0 unspecified atom stereocenters. The minimum absolute atomic E-state index is 0.0110. The second-order valence-electron chi connectivity index (χ2n) is 6.18. The van der Waals surface area contributed by atoms with Gasteiger partial charge >= 0.3 is 12.3 Å². The van der Waals surface area contributed by atoms with Crippen molar-refractivity contribution >= 4 is 17.1 Å². The Bertz CT molecular complexity index is 1150. The number of hydrogen-bond donors (Lipinski definition) is 1. The molecule has 0 saturated heterocycles. The number of nitriles is 1. The Labute approximate surface area is 167 Å². The number of amides is 1. The van der Waals surface area contributed by atoms with Gasteiger partial charge in [0.1, 0.15) is 23.8 Å². The average Bonchev–Trinajstić information content (AvgIpc) is 3.07. The first-order chi connectivity index (χ1) is 14.1. The molecule has 10 nitrogen and oxygen atoms in total. The minimum Gasteiger partial charge on any atom is -0.475 e. The predicted molar refractivity (Wildman–Crippen MR) is 95.4 cm³/mol. The average molecular weight is 421 g/mol. The number of likely N-dealkylation sites (N-methyl/N-ethyl adjacent to an activating group) is 1. The van der Waals surface area contributed by atoms with Crippen LogP contribution in [0.15, 0.2) is 18.3 Å². The Balaban J connectivity index is 1.99. The third kappa shape index (κ3) is 4.07. The molecule has 1 N–H and O–H groups in total. The summed E-state index contributed by atoms with van der Waals surface area (Å²) in [5.74, 6) is -0.686. The van der Waals surface area contributed by atoms with Gasteiger partial charge in [0.25, 0.3) is 0 Å². The van der Waals surface area contributed by atoms with E-state index in [-0.39, 0.29) is 35.6 Å². The van der Waals surface area contributed by atoms with Crippen molar-refractivity contribution in [3.05, 3.63) is 29.6 Å². The van der Waals surface area contributed by atoms with Crippen LogP contribution in [-0.2, 0) is 13.2 Å². The van der Waals surface area contributed by atoms with Crippen molar-refractivity contribution in [2.24, 2.45) is 7.05 Å². The van der Waals surface area contributed by atoms with E-state index in [1.807, 2.05) is 6.07 Å². The van der Waals surface area contributed by atoms with Crippen LogP contribution in [0.3, 0.4) is 0 Å². The Morgan fingerprint density at radius 2 is 2.13 bits per heavy atom. The van der Waals surface area contributed by atoms with Crippen molar-refractivity contribution in [3.63, 3.8) is 0 Å². The van der Waals surface area contributed by atoms with Gasteiger partial charge in [0.05, 0.1) is 17.8 Å². The molecule has 30 heavy (non-hydrogen) atoms. The smallest absolute Gasteiger partial charge is 0.421 e. The Morgan fingerprint density at radius 1 is 1.40 bits per heavy atom. The van der Waals surface area contributed by atoms with E-state index in [2.05, 4.69) is 20.3 Å². The van der Waals surface area contributed by atoms with Crippen LogP contribution in [0.4, 0.5) is 18.0 Å². The van der Waals surface area contributed by atoms with Crippen molar-refractivity contribution in [2.75, 3.05) is 20.2 Å². The van der Waals surface area contributed by atoms with Gasteiger partial charge in [0.15, 0.2) is 5.69 Å². The highest BCUT2D eigenvalue weighted by Gasteiger charge is 2.36. The molecule has 3 aromatic rings. The maximum atomic E-state index is 13.5. The number of hydrogen-bond acceptors (Lipinski definition) is 7. The standard InChI is InChI=1S/C17H14F3N7O3/c1-26(16(28)29)3-4-30-15-10(17(18,19)20)5-9(8-22-15)11-6-13-14(12(7-21)23-11)24-25-27(13)2/h5-6,8H,3-4H2,1-2H3,(H,28,29). The van der Waals surface area contributed by atoms with Gasteiger partial charge in [-0.1, -0.05) is 5.21 Å². The molecule has 0 aromatic carbocycles. The molecule has 0 atom stereocenters. The van der Waals surface area contributed by atoms with E-state index in [0.29, 0.717) is 5.52 Å². The second kappa shape index (κ2) is 7.82. The summed E-state index contributed by atoms with van der Waals surface area (Å²) in [4.78, 5) is 19.4. The van der Waals surface area contributed by atoms with Crippen molar-refractivity contribution < 1.29 is 27.8 Å². The quantitative estimate of drug-likeness (QED) is 0.664. The van der Waals surface area contributed by atoms with Crippen LogP contribution < -0.4 is 4.74 Å². The molecule has 0 bridgehead atoms. The van der Waals surface area contributed by atoms with Crippen LogP contribution >= 0.6 is 0 Å². The van der Waals surface area contributed by atoms with E-state index >= 15 is 0 Å². The molecule has 1 amide bonds. The van der Waals surface area contributed by atoms with E-state index in [4.69, 9.17) is 9.84 Å². The SMILES string of the molecule is CN(CCOc1ncc(-c2cc3c(nnn3C)c(C#N)n2)cc1C(F)(F)F)C(=O)O. The predicted octanol–water partition coefficient (Wildman–Crippen LogP) is 2.30. The first-order valence-electron chi connectivity index (χ1n) is 8.36. The van der Waals surface area contributed by atoms with Gasteiger partial charge < -0.3 is 14.7 Å². The largest absolute Gasteiger partial charge is 0.475 e. The molecule has 0 aliphatic heterocycles. The van der Waals surface area contributed by atoms with Crippen LogP contribution in [0.5, 0.6) is 5.88 Å². The molecular formula is C17H14F3N7O3. The summed E-state index contributed by atoms with van der Waals surface area (Å²) in [7, 11) is 2.83. The van der Waals surface area contributed by atoms with Crippen molar-refractivity contribution in [3.8, 4) is 23.2 Å². The zero-order valence-corrected chi connectivity index (χ0v) is 15.7. The van der Waals surface area contributed by atoms with Crippen LogP contribution in [0.1, 0.15) is 11.3 Å². The number of carbonyl (C=O) groups is 1. The fourth-order valence-corrected chi connectivity index (χ4v) is 2.54. The lowest BCUT2D eigenvalue weighted by Gasteiger charge is -2.16. The molecule has 156 valence electrons. The highest BCUT2D eigenvalue weighted by Crippen LogP contribution is 2.37. The van der Waals surface area contributed by atoms with Gasteiger partial charge in [-0.25, -0.2) is 19.4 Å². The molecule has 0 saturated carbocycles. The Morgan fingerprint density at radius 3 is 2.77 bits per heavy atom. The van der Waals surface area contributed by atoms with E-state index in [9.17, 15) is 23.2 Å². The zero-order chi connectivity index (χ0) is 22.1. The van der Waals surface area contributed by atoms with Gasteiger partial charge in [-0.15, -0.1) is 5.10 Å². The summed E-state index contributed by atoms with van der Waals surface area (Å²) in [6.07, 6.45) is -4.89. The summed E-state index contributed by atoms with van der Waals surface area (Å²) < 4.78 is 47.1. The number of halogens is 3. The maximum absolute atomic E-state index is 13.5. The highest BCUT2D eigenvalue weighted by molar-refractivity contribution is 5.83. The lowest BCUT2D eigenvalue weighted by Crippen LogP contribution is -2.29. The van der Waals surface area contributed by atoms with Crippen LogP contribution in [-0.4, -0.2) is 61.3 Å². The van der Waals surface area contributed by atoms with Gasteiger partial charge in [-0.3, -0.25) is 0 Å². The molecule has 0 spiro atoms. The molecule has 13 heteroatoms. The summed E-state index contributed by atoms with van der Waals surface area (Å²) in [6, 6.07) is 4.11. The molecular weight excluding hydrogens is 407 g/mol. The van der Waals surface area contributed by atoms with Crippen LogP contribution in [0.2, 0.25) is 0 Å². The van der Waals surface area contributed by atoms with E-state index in [1.165, 1.54) is 17.8 Å². The van der Waals surface area contributed by atoms with E-state index in [0.717, 1.165) is 17.2 Å². The number of pyridine rings is 2. The van der Waals surface area contributed by atoms with Gasteiger partial charge in [-0.05, 0) is 12.1 Å². The monoisotopic (exact) mass is 421 g/mol. The molecule has 3 rings (SSSR count). The summed E-state index contributed by atoms with van der Waals surface area (Å²) in [6.45, 7) is -0.463. The second-order valence-corrected chi connectivity index (χ2v) is 6.18. The Hall–Kier alpha value is -3.95. The van der Waals surface area contributed by atoms with Crippen molar-refractivity contribution in [1.29, 1.82) is 5.26 Å². The van der Waals surface area contributed by atoms with Gasteiger partial charge in [-0.2, -0.15) is 18.4 Å². The number of fused-ring (bicyclic) bond motifs is 1. The van der Waals surface area contributed by atoms with Crippen LogP contribution in [0, 0.1) is 11.3 Å². The normalized spacial score (nSPS) is 11.3. The lowest BCUT2D eigenvalue weighted by atomic mass is 10.1. The number of nitrogens with zero attached hydrogens (tertiary/aromatic N) is 7. The molecule has 0 aliphatic carbocycles. The third-order valence-electron chi connectivity index (χ3n) is 4.15. The topological polar surface area (TPSA) is 130 Å². The number of carboxylic acid groups (broad SMARTS) is 1. The number of alkyl halides is 3. The minimum atomic E-state index is -4.78. The van der Waals surface area contributed by atoms with Crippen molar-refractivity contribution in [1.82, 2.24) is 29.9 Å². The number of aromatic nitrogens is 5. The Kier molecular flexibility index (Phi) is 5.41. The third-order valence-corrected chi connectivity index (χ3v) is 4.15. The lowest BCUT2D eigenvalue weighted by molar-refractivity contribution is -0.139. The fraction of sp³-hybridized carbons (Fsp3) is 0.294. The molecule has 0 radical (unpaired) electrons.